The summed E-state index contributed by atoms with van der Waals surface area (Å²) in [6, 6.07) is 19.1. The van der Waals surface area contributed by atoms with Crippen molar-refractivity contribution in [1.82, 2.24) is 15.6 Å². The molecule has 7 nitrogen and oxygen atoms in total. The van der Waals surface area contributed by atoms with Crippen LogP contribution in [0, 0.1) is 0 Å². The molecule has 9 heteroatoms. The van der Waals surface area contributed by atoms with Crippen LogP contribution in [-0.4, -0.2) is 26.8 Å². The summed E-state index contributed by atoms with van der Waals surface area (Å²) in [5, 5.41) is 1.54. The third-order valence-corrected chi connectivity index (χ3v) is 6.81. The van der Waals surface area contributed by atoms with E-state index in [1.54, 1.807) is 54.6 Å². The number of amides is 2. The molecule has 0 aliphatic rings. The second-order valence-corrected chi connectivity index (χ2v) is 9.29. The fourth-order valence-electron chi connectivity index (χ4n) is 3.21. The molecular weight excluding hydrogens is 450 g/mol. The highest BCUT2D eigenvalue weighted by Crippen LogP contribution is 2.30. The van der Waals surface area contributed by atoms with Crippen LogP contribution < -0.4 is 15.6 Å². The van der Waals surface area contributed by atoms with E-state index in [9.17, 15) is 18.0 Å². The molecule has 32 heavy (non-hydrogen) atoms. The van der Waals surface area contributed by atoms with Crippen LogP contribution in [0.5, 0.6) is 0 Å². The van der Waals surface area contributed by atoms with Gasteiger partial charge in [0, 0.05) is 23.9 Å². The number of sulfonamides is 1. The first kappa shape index (κ1) is 23.7. The highest BCUT2D eigenvalue weighted by atomic mass is 35.5. The Balaban J connectivity index is 1.40. The van der Waals surface area contributed by atoms with Gasteiger partial charge in [0.25, 0.3) is 5.91 Å². The number of unbranched alkanes of at least 4 members (excludes halogenated alkanes) is 2. The number of fused-ring (bicyclic) bond motifs is 1. The van der Waals surface area contributed by atoms with Crippen molar-refractivity contribution in [2.24, 2.45) is 0 Å². The molecule has 0 spiro atoms. The lowest BCUT2D eigenvalue weighted by Gasteiger charge is -2.11. The van der Waals surface area contributed by atoms with E-state index in [1.807, 2.05) is 12.1 Å². The van der Waals surface area contributed by atoms with Crippen molar-refractivity contribution < 1.29 is 18.0 Å². The van der Waals surface area contributed by atoms with E-state index in [-0.39, 0.29) is 34.7 Å². The Kier molecular flexibility index (Phi) is 8.21. The summed E-state index contributed by atoms with van der Waals surface area (Å²) in [4.78, 5) is 23.8. The maximum atomic E-state index is 12.8. The molecule has 3 aromatic carbocycles. The first-order valence-corrected chi connectivity index (χ1v) is 12.1. The standard InChI is InChI=1S/C23H24ClN3O4S/c24-20-15-14-17-9-6-7-12-19(17)22(20)32(30,31)25-16-8-2-5-13-21(28)26-27-23(29)18-10-3-1-4-11-18/h1,3-4,6-7,9-12,14-15,25H,2,5,8,13,16H2,(H,26,28)(H,27,29). The molecule has 3 aromatic rings. The molecule has 0 saturated heterocycles. The molecule has 0 saturated carbocycles. The lowest BCUT2D eigenvalue weighted by atomic mass is 10.1. The van der Waals surface area contributed by atoms with Gasteiger partial charge in [-0.05, 0) is 36.4 Å². The molecular formula is C23H24ClN3O4S. The Labute approximate surface area is 192 Å². The Morgan fingerprint density at radius 3 is 2.31 bits per heavy atom. The normalized spacial score (nSPS) is 11.3. The third kappa shape index (κ3) is 6.29. The number of carbonyl (C=O) groups excluding carboxylic acids is 2. The molecule has 2 amide bonds. The average Bonchev–Trinajstić information content (AvgIpc) is 2.80. The van der Waals surface area contributed by atoms with Gasteiger partial charge in [0.05, 0.1) is 5.02 Å². The third-order valence-electron chi connectivity index (χ3n) is 4.82. The van der Waals surface area contributed by atoms with Crippen LogP contribution in [0.25, 0.3) is 10.8 Å². The Morgan fingerprint density at radius 1 is 0.812 bits per heavy atom. The molecule has 0 aliphatic heterocycles. The topological polar surface area (TPSA) is 104 Å². The van der Waals surface area contributed by atoms with Crippen molar-refractivity contribution in [1.29, 1.82) is 0 Å². The van der Waals surface area contributed by atoms with Crippen LogP contribution >= 0.6 is 11.6 Å². The van der Waals surface area contributed by atoms with Gasteiger partial charge in [0.1, 0.15) is 4.90 Å². The average molecular weight is 474 g/mol. The van der Waals surface area contributed by atoms with Crippen molar-refractivity contribution in [3.8, 4) is 0 Å². The summed E-state index contributed by atoms with van der Waals surface area (Å²) in [7, 11) is -3.77. The van der Waals surface area contributed by atoms with Gasteiger partial charge in [-0.3, -0.25) is 20.4 Å². The predicted molar refractivity (Wildman–Crippen MR) is 125 cm³/mol. The van der Waals surface area contributed by atoms with Crippen LogP contribution in [0.4, 0.5) is 0 Å². The zero-order valence-corrected chi connectivity index (χ0v) is 18.9. The summed E-state index contributed by atoms with van der Waals surface area (Å²) >= 11 is 6.18. The largest absolute Gasteiger partial charge is 0.273 e. The van der Waals surface area contributed by atoms with Crippen molar-refractivity contribution in [2.45, 2.75) is 30.6 Å². The second kappa shape index (κ2) is 11.1. The number of rotatable bonds is 9. The Morgan fingerprint density at radius 2 is 1.53 bits per heavy atom. The number of nitrogens with one attached hydrogen (secondary N) is 3. The number of carbonyl (C=O) groups is 2. The summed E-state index contributed by atoms with van der Waals surface area (Å²) in [6.45, 7) is 0.230. The zero-order valence-electron chi connectivity index (χ0n) is 17.3. The smallest absolute Gasteiger partial charge is 0.269 e. The van der Waals surface area contributed by atoms with Crippen LogP contribution in [0.2, 0.25) is 5.02 Å². The first-order valence-electron chi connectivity index (χ1n) is 10.2. The SMILES string of the molecule is O=C(CCCCCNS(=O)(=O)c1c(Cl)ccc2ccccc12)NNC(=O)c1ccccc1. The fraction of sp³-hybridized carbons (Fsp3) is 0.217. The lowest BCUT2D eigenvalue weighted by Crippen LogP contribution is -2.41. The lowest BCUT2D eigenvalue weighted by molar-refractivity contribution is -0.122. The molecule has 0 heterocycles. The summed E-state index contributed by atoms with van der Waals surface area (Å²) in [5.74, 6) is -0.696. The van der Waals surface area contributed by atoms with E-state index in [0.29, 0.717) is 30.2 Å². The van der Waals surface area contributed by atoms with Crippen LogP contribution in [0.1, 0.15) is 36.0 Å². The quantitative estimate of drug-likeness (QED) is 0.325. The molecule has 0 aliphatic carbocycles. The minimum atomic E-state index is -3.77. The second-order valence-electron chi connectivity index (χ2n) is 7.17. The van der Waals surface area contributed by atoms with Crippen molar-refractivity contribution in [2.75, 3.05) is 6.54 Å². The van der Waals surface area contributed by atoms with E-state index in [4.69, 9.17) is 11.6 Å². The number of halogens is 1. The van der Waals surface area contributed by atoms with Crippen molar-refractivity contribution in [3.63, 3.8) is 0 Å². The molecule has 3 N–H and O–H groups in total. The molecule has 0 aromatic heterocycles. The van der Waals surface area contributed by atoms with Gasteiger partial charge in [0.15, 0.2) is 0 Å². The maximum Gasteiger partial charge on any atom is 0.269 e. The van der Waals surface area contributed by atoms with Gasteiger partial charge >= 0.3 is 0 Å². The van der Waals surface area contributed by atoms with E-state index in [2.05, 4.69) is 15.6 Å². The van der Waals surface area contributed by atoms with Crippen LogP contribution in [0.15, 0.2) is 71.6 Å². The van der Waals surface area contributed by atoms with Crippen molar-refractivity contribution in [3.05, 3.63) is 77.3 Å². The molecule has 0 bridgehead atoms. The fourth-order valence-corrected chi connectivity index (χ4v) is 5.03. The molecule has 0 radical (unpaired) electrons. The first-order chi connectivity index (χ1) is 15.4. The van der Waals surface area contributed by atoms with E-state index < -0.39 is 10.0 Å². The minimum Gasteiger partial charge on any atom is -0.273 e. The molecule has 3 rings (SSSR count). The molecule has 0 unspecified atom stereocenters. The maximum absolute atomic E-state index is 12.8. The van der Waals surface area contributed by atoms with E-state index in [1.165, 1.54) is 0 Å². The van der Waals surface area contributed by atoms with E-state index in [0.717, 1.165) is 5.39 Å². The van der Waals surface area contributed by atoms with Gasteiger partial charge < -0.3 is 0 Å². The summed E-state index contributed by atoms with van der Waals surface area (Å²) in [5.41, 5.74) is 5.19. The number of benzene rings is 3. The molecule has 0 fully saturated rings. The molecule has 168 valence electrons. The van der Waals surface area contributed by atoms with Gasteiger partial charge in [-0.25, -0.2) is 13.1 Å². The summed E-state index contributed by atoms with van der Waals surface area (Å²) in [6.07, 6.45) is 1.98. The highest BCUT2D eigenvalue weighted by molar-refractivity contribution is 7.89. The van der Waals surface area contributed by atoms with Crippen LogP contribution in [0.3, 0.4) is 0 Å². The Bertz CT molecular complexity index is 1200. The van der Waals surface area contributed by atoms with Crippen LogP contribution in [-0.2, 0) is 14.8 Å². The summed E-state index contributed by atoms with van der Waals surface area (Å²) < 4.78 is 28.1. The van der Waals surface area contributed by atoms with Crippen molar-refractivity contribution >= 4 is 44.2 Å². The van der Waals surface area contributed by atoms with Gasteiger partial charge in [0.2, 0.25) is 15.9 Å². The van der Waals surface area contributed by atoms with Gasteiger partial charge in [-0.2, -0.15) is 0 Å². The van der Waals surface area contributed by atoms with Gasteiger partial charge in [-0.1, -0.05) is 66.6 Å². The number of hydrogen-bond acceptors (Lipinski definition) is 4. The number of hydrazine groups is 1. The number of hydrogen-bond donors (Lipinski definition) is 3. The monoisotopic (exact) mass is 473 g/mol. The van der Waals surface area contributed by atoms with Gasteiger partial charge in [-0.15, -0.1) is 0 Å². The minimum absolute atomic E-state index is 0.0748. The predicted octanol–water partition coefficient (Wildman–Crippen LogP) is 3.79. The molecule has 0 atom stereocenters. The van der Waals surface area contributed by atoms with E-state index >= 15 is 0 Å². The Hall–Kier alpha value is -2.94. The zero-order chi connectivity index (χ0) is 23.0. The highest BCUT2D eigenvalue weighted by Gasteiger charge is 2.20.